The summed E-state index contributed by atoms with van der Waals surface area (Å²) < 4.78 is 14.7. The van der Waals surface area contributed by atoms with Gasteiger partial charge in [-0.15, -0.1) is 0 Å². The van der Waals surface area contributed by atoms with Crippen LogP contribution in [0.25, 0.3) is 11.1 Å². The van der Waals surface area contributed by atoms with Crippen molar-refractivity contribution in [1.29, 1.82) is 0 Å². The fourth-order valence-corrected chi connectivity index (χ4v) is 3.58. The quantitative estimate of drug-likeness (QED) is 0.378. The second kappa shape index (κ2) is 12.0. The zero-order valence-corrected chi connectivity index (χ0v) is 19.7. The molecule has 2 N–H and O–H groups in total. The number of carbonyl (C=O) groups excluding carboxylic acids is 2. The van der Waals surface area contributed by atoms with Crippen LogP contribution in [0.3, 0.4) is 0 Å². The van der Waals surface area contributed by atoms with E-state index in [1.54, 1.807) is 6.07 Å². The summed E-state index contributed by atoms with van der Waals surface area (Å²) >= 11 is 6.06. The Morgan fingerprint density at radius 1 is 1.06 bits per heavy atom. The van der Waals surface area contributed by atoms with Gasteiger partial charge in [-0.05, 0) is 42.2 Å². The van der Waals surface area contributed by atoms with Crippen LogP contribution in [0.1, 0.15) is 36.3 Å². The zero-order valence-electron chi connectivity index (χ0n) is 18.9. The summed E-state index contributed by atoms with van der Waals surface area (Å²) in [5.41, 5.74) is 2.76. The van der Waals surface area contributed by atoms with E-state index in [4.69, 9.17) is 30.3 Å². The first kappa shape index (κ1) is 25.8. The fourth-order valence-electron chi connectivity index (χ4n) is 3.39. The second-order valence-electron chi connectivity index (χ2n) is 7.87. The molecule has 9 nitrogen and oxygen atoms in total. The van der Waals surface area contributed by atoms with Crippen LogP contribution in [0.15, 0.2) is 62.2 Å². The summed E-state index contributed by atoms with van der Waals surface area (Å²) in [5, 5.41) is 12.1. The minimum atomic E-state index is -1.09. The van der Waals surface area contributed by atoms with E-state index >= 15 is 0 Å². The highest BCUT2D eigenvalue weighted by atomic mass is 35.5. The highest BCUT2D eigenvalue weighted by molar-refractivity contribution is 6.30. The Morgan fingerprint density at radius 3 is 2.43 bits per heavy atom. The Balaban J connectivity index is 1.66. The SMILES string of the molecule is Cc1oc(=O)oc1COC(=O)C[C@@H](Cc1ccc(-c2cccc(Cl)c2)cc1)NC(=O)CCC(=O)O. The van der Waals surface area contributed by atoms with Crippen molar-refractivity contribution in [2.45, 2.75) is 45.3 Å². The Bertz CT molecular complexity index is 1240. The lowest BCUT2D eigenvalue weighted by Crippen LogP contribution is -2.38. The van der Waals surface area contributed by atoms with Gasteiger partial charge in [-0.2, -0.15) is 0 Å². The molecule has 1 aromatic heterocycles. The molecule has 0 aliphatic heterocycles. The number of carboxylic acid groups (broad SMARTS) is 1. The van der Waals surface area contributed by atoms with Crippen LogP contribution < -0.4 is 11.1 Å². The van der Waals surface area contributed by atoms with E-state index in [0.717, 1.165) is 16.7 Å². The number of carbonyl (C=O) groups is 3. The molecule has 3 aromatic rings. The number of nitrogens with one attached hydrogen (secondary N) is 1. The molecule has 0 saturated carbocycles. The number of aryl methyl sites for hydroxylation is 1. The number of rotatable bonds is 11. The Labute approximate surface area is 205 Å². The third-order valence-corrected chi connectivity index (χ3v) is 5.37. The predicted molar refractivity (Wildman–Crippen MR) is 126 cm³/mol. The second-order valence-corrected chi connectivity index (χ2v) is 8.30. The van der Waals surface area contributed by atoms with E-state index in [2.05, 4.69) is 5.32 Å². The maximum absolute atomic E-state index is 12.4. The molecule has 0 spiro atoms. The monoisotopic (exact) mass is 501 g/mol. The van der Waals surface area contributed by atoms with Crippen LogP contribution >= 0.6 is 11.6 Å². The number of halogens is 1. The van der Waals surface area contributed by atoms with E-state index < -0.39 is 29.7 Å². The van der Waals surface area contributed by atoms with E-state index in [-0.39, 0.29) is 37.4 Å². The van der Waals surface area contributed by atoms with Gasteiger partial charge in [-0.25, -0.2) is 4.79 Å². The number of carboxylic acids is 1. The van der Waals surface area contributed by atoms with Gasteiger partial charge in [0.15, 0.2) is 18.1 Å². The highest BCUT2D eigenvalue weighted by Crippen LogP contribution is 2.23. The Kier molecular flexibility index (Phi) is 8.86. The lowest BCUT2D eigenvalue weighted by Gasteiger charge is -2.18. The minimum absolute atomic E-state index is 0.0991. The third kappa shape index (κ3) is 8.15. The van der Waals surface area contributed by atoms with Gasteiger partial charge in [0.1, 0.15) is 0 Å². The van der Waals surface area contributed by atoms with Crippen molar-refractivity contribution in [2.75, 3.05) is 0 Å². The smallest absolute Gasteiger partial charge is 0.481 e. The molecule has 184 valence electrons. The molecule has 1 amide bonds. The first-order valence-corrected chi connectivity index (χ1v) is 11.2. The first-order valence-electron chi connectivity index (χ1n) is 10.8. The van der Waals surface area contributed by atoms with Crippen molar-refractivity contribution >= 4 is 29.4 Å². The van der Waals surface area contributed by atoms with Crippen molar-refractivity contribution < 1.29 is 33.1 Å². The van der Waals surface area contributed by atoms with Crippen LogP contribution in [-0.2, 0) is 32.1 Å². The minimum Gasteiger partial charge on any atom is -0.481 e. The average molecular weight is 502 g/mol. The van der Waals surface area contributed by atoms with Crippen molar-refractivity contribution in [3.63, 3.8) is 0 Å². The first-order chi connectivity index (χ1) is 16.7. The average Bonchev–Trinajstić information content (AvgIpc) is 3.13. The van der Waals surface area contributed by atoms with Gasteiger partial charge in [-0.1, -0.05) is 48.0 Å². The lowest BCUT2D eigenvalue weighted by molar-refractivity contribution is -0.146. The maximum atomic E-state index is 12.4. The molecule has 0 aliphatic rings. The molecule has 1 heterocycles. The van der Waals surface area contributed by atoms with Crippen molar-refractivity contribution in [2.24, 2.45) is 0 Å². The van der Waals surface area contributed by atoms with Gasteiger partial charge in [0.2, 0.25) is 5.91 Å². The summed E-state index contributed by atoms with van der Waals surface area (Å²) in [7, 11) is 0. The van der Waals surface area contributed by atoms with Crippen molar-refractivity contribution in [3.8, 4) is 11.1 Å². The Morgan fingerprint density at radius 2 is 1.80 bits per heavy atom. The van der Waals surface area contributed by atoms with Gasteiger partial charge in [0.25, 0.3) is 0 Å². The largest absolute Gasteiger partial charge is 0.519 e. The van der Waals surface area contributed by atoms with E-state index in [1.165, 1.54) is 6.92 Å². The topological polar surface area (TPSA) is 136 Å². The molecule has 0 aliphatic carbocycles. The van der Waals surface area contributed by atoms with Gasteiger partial charge in [-0.3, -0.25) is 14.4 Å². The number of amides is 1. The maximum Gasteiger partial charge on any atom is 0.519 e. The molecule has 1 atom stereocenters. The molecule has 35 heavy (non-hydrogen) atoms. The summed E-state index contributed by atoms with van der Waals surface area (Å²) in [6.45, 7) is 1.22. The summed E-state index contributed by atoms with van der Waals surface area (Å²) in [5.74, 6) is -2.80. The molecule has 0 saturated heterocycles. The molecule has 0 unspecified atom stereocenters. The number of ether oxygens (including phenoxy) is 1. The van der Waals surface area contributed by atoms with Crippen molar-refractivity contribution in [1.82, 2.24) is 5.32 Å². The van der Waals surface area contributed by atoms with Gasteiger partial charge >= 0.3 is 17.8 Å². The van der Waals surface area contributed by atoms with Crippen LogP contribution in [0.4, 0.5) is 0 Å². The van der Waals surface area contributed by atoms with Crippen LogP contribution in [0.2, 0.25) is 5.02 Å². The fraction of sp³-hybridized carbons (Fsp3) is 0.280. The predicted octanol–water partition coefficient (Wildman–Crippen LogP) is 3.89. The summed E-state index contributed by atoms with van der Waals surface area (Å²) in [6.07, 6.45) is -0.399. The number of benzene rings is 2. The van der Waals surface area contributed by atoms with Crippen LogP contribution in [-0.4, -0.2) is 29.0 Å². The van der Waals surface area contributed by atoms with E-state index in [1.807, 2.05) is 42.5 Å². The van der Waals surface area contributed by atoms with Crippen LogP contribution in [0, 0.1) is 6.92 Å². The number of hydrogen-bond donors (Lipinski definition) is 2. The molecular formula is C25H24ClNO8. The summed E-state index contributed by atoms with van der Waals surface area (Å²) in [6, 6.07) is 14.4. The molecule has 0 fully saturated rings. The Hall–Kier alpha value is -3.85. The van der Waals surface area contributed by atoms with Gasteiger partial charge in [0.05, 0.1) is 12.8 Å². The number of hydrogen-bond acceptors (Lipinski definition) is 7. The molecule has 10 heteroatoms. The zero-order chi connectivity index (χ0) is 25.4. The van der Waals surface area contributed by atoms with Crippen molar-refractivity contribution in [3.05, 3.63) is 81.3 Å². The van der Waals surface area contributed by atoms with Crippen LogP contribution in [0.5, 0.6) is 0 Å². The number of aliphatic carboxylic acids is 1. The van der Waals surface area contributed by atoms with Gasteiger partial charge in [0, 0.05) is 17.5 Å². The molecule has 2 aromatic carbocycles. The highest BCUT2D eigenvalue weighted by Gasteiger charge is 2.20. The molecule has 0 bridgehead atoms. The van der Waals surface area contributed by atoms with E-state index in [9.17, 15) is 19.2 Å². The van der Waals surface area contributed by atoms with Gasteiger partial charge < -0.3 is 24.0 Å². The molecule has 0 radical (unpaired) electrons. The van der Waals surface area contributed by atoms with E-state index in [0.29, 0.717) is 11.4 Å². The normalized spacial score (nSPS) is 11.6. The standard InChI is InChI=1S/C25H24ClNO8/c1-15-21(35-25(32)34-15)14-33-24(31)13-20(27-22(28)9-10-23(29)30)11-16-5-7-17(8-6-16)18-3-2-4-19(26)12-18/h2-8,12,20H,9-11,13-14H2,1H3,(H,27,28)(H,29,30)/t20-/m1/s1. The molecular weight excluding hydrogens is 478 g/mol. The third-order valence-electron chi connectivity index (χ3n) is 5.14. The number of esters is 1. The summed E-state index contributed by atoms with van der Waals surface area (Å²) in [4.78, 5) is 46.6. The lowest BCUT2D eigenvalue weighted by atomic mass is 9.99. The molecule has 3 rings (SSSR count).